The lowest BCUT2D eigenvalue weighted by atomic mass is 9.98. The number of benzene rings is 3. The fourth-order valence-electron chi connectivity index (χ4n) is 4.39. The summed E-state index contributed by atoms with van der Waals surface area (Å²) in [6.07, 6.45) is 11.0. The van der Waals surface area contributed by atoms with Gasteiger partial charge in [0.2, 0.25) is 0 Å². The fourth-order valence-corrected chi connectivity index (χ4v) is 4.39. The summed E-state index contributed by atoms with van der Waals surface area (Å²) in [6.45, 7) is 1.41. The van der Waals surface area contributed by atoms with Crippen LogP contribution in [0.25, 0.3) is 12.2 Å². The SMILES string of the molecule is C1=CC(CCOc2ccc(OCCC3C=Cc4ccccc43)cc2)c2ccccc21. The molecule has 3 aromatic carbocycles. The lowest BCUT2D eigenvalue weighted by molar-refractivity contribution is 0.297. The highest BCUT2D eigenvalue weighted by molar-refractivity contribution is 5.62. The van der Waals surface area contributed by atoms with Crippen molar-refractivity contribution < 1.29 is 9.47 Å². The first-order chi connectivity index (χ1) is 14.9. The summed E-state index contributed by atoms with van der Waals surface area (Å²) < 4.78 is 11.9. The van der Waals surface area contributed by atoms with E-state index in [1.54, 1.807) is 0 Å². The third-order valence-corrected chi connectivity index (χ3v) is 6.03. The monoisotopic (exact) mass is 394 g/mol. The molecule has 2 aliphatic rings. The maximum absolute atomic E-state index is 5.96. The van der Waals surface area contributed by atoms with Crippen LogP contribution in [0.4, 0.5) is 0 Å². The van der Waals surface area contributed by atoms with Crippen LogP contribution in [-0.4, -0.2) is 13.2 Å². The van der Waals surface area contributed by atoms with Crippen LogP contribution >= 0.6 is 0 Å². The zero-order valence-corrected chi connectivity index (χ0v) is 17.0. The van der Waals surface area contributed by atoms with Crippen LogP contribution in [0.5, 0.6) is 11.5 Å². The van der Waals surface area contributed by atoms with Crippen molar-refractivity contribution in [2.75, 3.05) is 13.2 Å². The van der Waals surface area contributed by atoms with Crippen molar-refractivity contribution in [3.8, 4) is 11.5 Å². The molecule has 0 heterocycles. The van der Waals surface area contributed by atoms with Gasteiger partial charge in [0.15, 0.2) is 0 Å². The highest BCUT2D eigenvalue weighted by Crippen LogP contribution is 2.33. The minimum Gasteiger partial charge on any atom is -0.494 e. The van der Waals surface area contributed by atoms with Crippen LogP contribution in [0.15, 0.2) is 84.9 Å². The van der Waals surface area contributed by atoms with Crippen molar-refractivity contribution >= 4 is 12.2 Å². The van der Waals surface area contributed by atoms with E-state index in [0.717, 1.165) is 24.3 Å². The number of hydrogen-bond acceptors (Lipinski definition) is 2. The average Bonchev–Trinajstić information content (AvgIpc) is 3.40. The Kier molecular flexibility index (Phi) is 5.39. The minimum atomic E-state index is 0.457. The van der Waals surface area contributed by atoms with E-state index < -0.39 is 0 Å². The third kappa shape index (κ3) is 4.04. The summed E-state index contributed by atoms with van der Waals surface area (Å²) in [5.74, 6) is 2.70. The Morgan fingerprint density at radius 2 is 0.967 bits per heavy atom. The summed E-state index contributed by atoms with van der Waals surface area (Å²) in [7, 11) is 0. The van der Waals surface area contributed by atoms with Gasteiger partial charge in [0.25, 0.3) is 0 Å². The molecule has 0 bridgehead atoms. The van der Waals surface area contributed by atoms with Crippen molar-refractivity contribution in [2.24, 2.45) is 0 Å². The zero-order chi connectivity index (χ0) is 20.2. The Hall–Kier alpha value is -3.26. The van der Waals surface area contributed by atoms with Gasteiger partial charge in [-0.25, -0.2) is 0 Å². The second-order valence-electron chi connectivity index (χ2n) is 7.93. The molecule has 2 nitrogen and oxygen atoms in total. The van der Waals surface area contributed by atoms with Gasteiger partial charge in [0.1, 0.15) is 11.5 Å². The van der Waals surface area contributed by atoms with Gasteiger partial charge in [-0.1, -0.05) is 72.8 Å². The van der Waals surface area contributed by atoms with E-state index >= 15 is 0 Å². The molecule has 5 rings (SSSR count). The topological polar surface area (TPSA) is 18.5 Å². The summed E-state index contributed by atoms with van der Waals surface area (Å²) in [5.41, 5.74) is 5.48. The normalized spacial score (nSPS) is 18.3. The molecule has 2 atom stereocenters. The van der Waals surface area contributed by atoms with Crippen LogP contribution in [0.3, 0.4) is 0 Å². The lowest BCUT2D eigenvalue weighted by Crippen LogP contribution is -2.04. The summed E-state index contributed by atoms with van der Waals surface area (Å²) in [6, 6.07) is 25.2. The zero-order valence-electron chi connectivity index (χ0n) is 17.0. The summed E-state index contributed by atoms with van der Waals surface area (Å²) in [5, 5.41) is 0. The number of allylic oxidation sites excluding steroid dienone is 2. The largest absolute Gasteiger partial charge is 0.494 e. The Bertz CT molecular complexity index is 976. The van der Waals surface area contributed by atoms with Gasteiger partial charge in [0, 0.05) is 11.8 Å². The highest BCUT2D eigenvalue weighted by Gasteiger charge is 2.17. The molecule has 0 N–H and O–H groups in total. The Labute approximate surface area is 178 Å². The smallest absolute Gasteiger partial charge is 0.119 e. The molecule has 30 heavy (non-hydrogen) atoms. The van der Waals surface area contributed by atoms with Gasteiger partial charge in [-0.05, 0) is 59.4 Å². The Morgan fingerprint density at radius 3 is 1.43 bits per heavy atom. The predicted octanol–water partition coefficient (Wildman–Crippen LogP) is 6.85. The summed E-state index contributed by atoms with van der Waals surface area (Å²) >= 11 is 0. The fraction of sp³-hybridized carbons (Fsp3) is 0.214. The lowest BCUT2D eigenvalue weighted by Gasteiger charge is -2.13. The van der Waals surface area contributed by atoms with Crippen LogP contribution in [0.1, 0.15) is 46.9 Å². The van der Waals surface area contributed by atoms with Gasteiger partial charge in [-0.3, -0.25) is 0 Å². The van der Waals surface area contributed by atoms with E-state index in [0.29, 0.717) is 25.0 Å². The number of ether oxygens (including phenoxy) is 2. The number of hydrogen-bond donors (Lipinski definition) is 0. The minimum absolute atomic E-state index is 0.457. The number of rotatable bonds is 8. The molecule has 0 aromatic heterocycles. The van der Waals surface area contributed by atoms with Crippen molar-refractivity contribution in [3.63, 3.8) is 0 Å². The molecular weight excluding hydrogens is 368 g/mol. The molecule has 0 spiro atoms. The molecule has 0 aliphatic heterocycles. The van der Waals surface area contributed by atoms with Crippen molar-refractivity contribution in [2.45, 2.75) is 24.7 Å². The van der Waals surface area contributed by atoms with E-state index in [-0.39, 0.29) is 0 Å². The first-order valence-corrected chi connectivity index (χ1v) is 10.8. The second-order valence-corrected chi connectivity index (χ2v) is 7.93. The summed E-state index contributed by atoms with van der Waals surface area (Å²) in [4.78, 5) is 0. The van der Waals surface area contributed by atoms with Crippen molar-refractivity contribution in [3.05, 3.63) is 107 Å². The average molecular weight is 395 g/mol. The van der Waals surface area contributed by atoms with E-state index in [2.05, 4.69) is 72.8 Å². The maximum Gasteiger partial charge on any atom is 0.119 e. The van der Waals surface area contributed by atoms with Gasteiger partial charge < -0.3 is 9.47 Å². The van der Waals surface area contributed by atoms with E-state index in [1.165, 1.54) is 22.3 Å². The first-order valence-electron chi connectivity index (χ1n) is 10.8. The second kappa shape index (κ2) is 8.62. The number of fused-ring (bicyclic) bond motifs is 2. The molecular formula is C28H26O2. The van der Waals surface area contributed by atoms with Crippen molar-refractivity contribution in [1.82, 2.24) is 0 Å². The molecule has 0 radical (unpaired) electrons. The van der Waals surface area contributed by atoms with Crippen LogP contribution in [-0.2, 0) is 0 Å². The first kappa shape index (κ1) is 18.7. The molecule has 0 saturated heterocycles. The van der Waals surface area contributed by atoms with Crippen LogP contribution in [0.2, 0.25) is 0 Å². The van der Waals surface area contributed by atoms with Crippen LogP contribution in [0, 0.1) is 0 Å². The molecule has 3 aromatic rings. The van der Waals surface area contributed by atoms with Gasteiger partial charge in [-0.2, -0.15) is 0 Å². The molecule has 0 saturated carbocycles. The van der Waals surface area contributed by atoms with E-state index in [9.17, 15) is 0 Å². The van der Waals surface area contributed by atoms with Gasteiger partial charge >= 0.3 is 0 Å². The molecule has 0 amide bonds. The third-order valence-electron chi connectivity index (χ3n) is 6.03. The standard InChI is InChI=1S/C28H26O2/c1-3-7-27-21(5-1)9-11-23(27)17-19-29-25-13-15-26(16-14-25)30-20-18-24-12-10-22-6-2-4-8-28(22)24/h1-16,23-24H,17-20H2. The predicted molar refractivity (Wildman–Crippen MR) is 123 cm³/mol. The van der Waals surface area contributed by atoms with E-state index in [4.69, 9.17) is 9.47 Å². The Morgan fingerprint density at radius 1 is 0.533 bits per heavy atom. The molecule has 0 fully saturated rings. The van der Waals surface area contributed by atoms with Crippen molar-refractivity contribution in [1.29, 1.82) is 0 Å². The highest BCUT2D eigenvalue weighted by atomic mass is 16.5. The van der Waals surface area contributed by atoms with E-state index in [1.807, 2.05) is 24.3 Å². The molecule has 2 aliphatic carbocycles. The van der Waals surface area contributed by atoms with Crippen LogP contribution < -0.4 is 9.47 Å². The molecule has 2 heteroatoms. The van der Waals surface area contributed by atoms with Gasteiger partial charge in [0.05, 0.1) is 13.2 Å². The molecule has 150 valence electrons. The quantitative estimate of drug-likeness (QED) is 0.416. The molecule has 2 unspecified atom stereocenters. The maximum atomic E-state index is 5.96. The van der Waals surface area contributed by atoms with Gasteiger partial charge in [-0.15, -0.1) is 0 Å². The Balaban J connectivity index is 1.07.